The number of hydrogen-bond donors (Lipinski definition) is 0. The molecule has 0 N–H and O–H groups in total. The van der Waals surface area contributed by atoms with Gasteiger partial charge in [-0.05, 0) is 24.3 Å². The van der Waals surface area contributed by atoms with Gasteiger partial charge in [0.1, 0.15) is 19.0 Å². The summed E-state index contributed by atoms with van der Waals surface area (Å²) in [6.07, 6.45) is -0.965. The Bertz CT molecular complexity index is 349. The van der Waals surface area contributed by atoms with Crippen molar-refractivity contribution in [1.29, 1.82) is 0 Å². The lowest BCUT2D eigenvalue weighted by atomic mass is 10.3. The molecule has 0 bridgehead atoms. The summed E-state index contributed by atoms with van der Waals surface area (Å²) in [6, 6.07) is 6.96. The van der Waals surface area contributed by atoms with Gasteiger partial charge in [-0.1, -0.05) is 11.6 Å². The maximum atomic E-state index is 10.6. The number of cyclic esters (lactones) is 2. The van der Waals surface area contributed by atoms with Crippen LogP contribution in [-0.2, 0) is 9.47 Å². The average Bonchev–Trinajstić information content (AvgIpc) is 2.64. The molecule has 1 atom stereocenters. The third kappa shape index (κ3) is 2.76. The van der Waals surface area contributed by atoms with Crippen molar-refractivity contribution in [3.8, 4) is 5.75 Å². The van der Waals surface area contributed by atoms with E-state index in [1.807, 2.05) is 0 Å². The van der Waals surface area contributed by atoms with Gasteiger partial charge in [0.05, 0.1) is 0 Å². The van der Waals surface area contributed by atoms with Gasteiger partial charge >= 0.3 is 6.16 Å². The topological polar surface area (TPSA) is 44.8 Å². The summed E-state index contributed by atoms with van der Waals surface area (Å²) in [5.41, 5.74) is 0. The SMILES string of the molecule is O=C1OC[C@@H](COc2ccc(Cl)cc2)O1. The molecule has 2 rings (SSSR count). The smallest absolute Gasteiger partial charge is 0.490 e. The number of rotatable bonds is 3. The molecule has 1 aromatic rings. The minimum atomic E-state index is -0.639. The maximum Gasteiger partial charge on any atom is 0.508 e. The quantitative estimate of drug-likeness (QED) is 0.745. The summed E-state index contributed by atoms with van der Waals surface area (Å²) in [5.74, 6) is 0.683. The number of carbonyl (C=O) groups excluding carboxylic acids is 1. The monoisotopic (exact) mass is 228 g/mol. The fourth-order valence-electron chi connectivity index (χ4n) is 1.17. The molecular formula is C10H9ClO4. The predicted octanol–water partition coefficient (Wildman–Crippen LogP) is 2.25. The van der Waals surface area contributed by atoms with Crippen molar-refractivity contribution in [3.63, 3.8) is 0 Å². The van der Waals surface area contributed by atoms with Crippen LogP contribution < -0.4 is 4.74 Å². The van der Waals surface area contributed by atoms with E-state index >= 15 is 0 Å². The second-order valence-corrected chi connectivity index (χ2v) is 3.50. The average molecular weight is 229 g/mol. The van der Waals surface area contributed by atoms with Gasteiger partial charge in [0, 0.05) is 5.02 Å². The van der Waals surface area contributed by atoms with Gasteiger partial charge in [-0.2, -0.15) is 0 Å². The molecule has 0 saturated carbocycles. The molecule has 1 aromatic carbocycles. The normalized spacial score (nSPS) is 19.5. The molecule has 0 spiro atoms. The number of ether oxygens (including phenoxy) is 3. The highest BCUT2D eigenvalue weighted by atomic mass is 35.5. The van der Waals surface area contributed by atoms with Gasteiger partial charge in [0.15, 0.2) is 6.10 Å². The number of benzene rings is 1. The van der Waals surface area contributed by atoms with Gasteiger partial charge in [-0.15, -0.1) is 0 Å². The Labute approximate surface area is 91.7 Å². The highest BCUT2D eigenvalue weighted by Crippen LogP contribution is 2.16. The Morgan fingerprint density at radius 1 is 1.40 bits per heavy atom. The van der Waals surface area contributed by atoms with Crippen LogP contribution in [0.15, 0.2) is 24.3 Å². The molecule has 1 aliphatic heterocycles. The molecule has 1 saturated heterocycles. The van der Waals surface area contributed by atoms with Crippen LogP contribution in [0.25, 0.3) is 0 Å². The van der Waals surface area contributed by atoms with E-state index < -0.39 is 6.16 Å². The molecule has 80 valence electrons. The van der Waals surface area contributed by atoms with E-state index in [-0.39, 0.29) is 19.3 Å². The zero-order valence-electron chi connectivity index (χ0n) is 7.81. The summed E-state index contributed by atoms with van der Waals surface area (Å²) in [4.78, 5) is 10.6. The number of hydrogen-bond acceptors (Lipinski definition) is 4. The molecule has 0 aromatic heterocycles. The van der Waals surface area contributed by atoms with Gasteiger partial charge in [0.2, 0.25) is 0 Å². The van der Waals surface area contributed by atoms with Crippen molar-refractivity contribution in [2.75, 3.05) is 13.2 Å². The van der Waals surface area contributed by atoms with E-state index in [0.29, 0.717) is 10.8 Å². The van der Waals surface area contributed by atoms with Crippen molar-refractivity contribution in [1.82, 2.24) is 0 Å². The van der Waals surface area contributed by atoms with Crippen molar-refractivity contribution < 1.29 is 19.0 Å². The standard InChI is InChI=1S/C10H9ClO4/c11-7-1-3-8(4-2-7)13-5-9-6-14-10(12)15-9/h1-4,9H,5-6H2/t9-/m1/s1. The molecule has 5 heteroatoms. The predicted molar refractivity (Wildman–Crippen MR) is 53.2 cm³/mol. The summed E-state index contributed by atoms with van der Waals surface area (Å²) in [5, 5.41) is 0.651. The molecule has 1 aliphatic rings. The number of carbonyl (C=O) groups is 1. The molecule has 0 amide bonds. The Balaban J connectivity index is 1.83. The van der Waals surface area contributed by atoms with Gasteiger partial charge in [0.25, 0.3) is 0 Å². The fraction of sp³-hybridized carbons (Fsp3) is 0.300. The van der Waals surface area contributed by atoms with Crippen molar-refractivity contribution >= 4 is 17.8 Å². The van der Waals surface area contributed by atoms with Crippen LogP contribution in [0.1, 0.15) is 0 Å². The summed E-state index contributed by atoms with van der Waals surface area (Å²) in [6.45, 7) is 0.528. The molecule has 0 unspecified atom stereocenters. The van der Waals surface area contributed by atoms with E-state index in [2.05, 4.69) is 4.74 Å². The van der Waals surface area contributed by atoms with Crippen molar-refractivity contribution in [2.45, 2.75) is 6.10 Å². The van der Waals surface area contributed by atoms with E-state index in [0.717, 1.165) is 0 Å². The first-order valence-electron chi connectivity index (χ1n) is 4.46. The molecule has 1 heterocycles. The van der Waals surface area contributed by atoms with Crippen LogP contribution in [-0.4, -0.2) is 25.5 Å². The van der Waals surface area contributed by atoms with Crippen LogP contribution in [0.2, 0.25) is 5.02 Å². The van der Waals surface area contributed by atoms with E-state index in [4.69, 9.17) is 21.1 Å². The molecule has 15 heavy (non-hydrogen) atoms. The summed E-state index contributed by atoms with van der Waals surface area (Å²) < 4.78 is 14.8. The second kappa shape index (κ2) is 4.40. The van der Waals surface area contributed by atoms with E-state index in [9.17, 15) is 4.79 Å². The van der Waals surface area contributed by atoms with Crippen LogP contribution >= 0.6 is 11.6 Å². The highest BCUT2D eigenvalue weighted by Gasteiger charge is 2.25. The zero-order valence-corrected chi connectivity index (χ0v) is 8.57. The minimum absolute atomic E-state index is 0.242. The van der Waals surface area contributed by atoms with Crippen molar-refractivity contribution in [2.24, 2.45) is 0 Å². The van der Waals surface area contributed by atoms with Crippen LogP contribution in [0, 0.1) is 0 Å². The minimum Gasteiger partial charge on any atom is -0.490 e. The molecular weight excluding hydrogens is 220 g/mol. The first kappa shape index (κ1) is 10.1. The lowest BCUT2D eigenvalue weighted by Gasteiger charge is -2.08. The molecule has 4 nitrogen and oxygen atoms in total. The molecule has 0 aliphatic carbocycles. The summed E-state index contributed by atoms with van der Waals surface area (Å²) in [7, 11) is 0. The lowest BCUT2D eigenvalue weighted by molar-refractivity contribution is 0.0983. The highest BCUT2D eigenvalue weighted by molar-refractivity contribution is 6.30. The Kier molecular flexibility index (Phi) is 2.97. The number of halogens is 1. The summed E-state index contributed by atoms with van der Waals surface area (Å²) >= 11 is 5.71. The largest absolute Gasteiger partial charge is 0.508 e. The van der Waals surface area contributed by atoms with Crippen LogP contribution in [0.4, 0.5) is 4.79 Å². The Morgan fingerprint density at radius 2 is 2.13 bits per heavy atom. The Hall–Kier alpha value is -1.42. The Morgan fingerprint density at radius 3 is 2.73 bits per heavy atom. The third-order valence-corrected chi connectivity index (χ3v) is 2.15. The third-order valence-electron chi connectivity index (χ3n) is 1.90. The van der Waals surface area contributed by atoms with Crippen molar-refractivity contribution in [3.05, 3.63) is 29.3 Å². The fourth-order valence-corrected chi connectivity index (χ4v) is 1.29. The van der Waals surface area contributed by atoms with Crippen LogP contribution in [0.3, 0.4) is 0 Å². The first-order valence-corrected chi connectivity index (χ1v) is 4.83. The molecule has 1 fully saturated rings. The molecule has 0 radical (unpaired) electrons. The van der Waals surface area contributed by atoms with Crippen LogP contribution in [0.5, 0.6) is 5.75 Å². The van der Waals surface area contributed by atoms with E-state index in [1.54, 1.807) is 24.3 Å². The van der Waals surface area contributed by atoms with E-state index in [1.165, 1.54) is 0 Å². The van der Waals surface area contributed by atoms with Gasteiger partial charge in [-0.3, -0.25) is 0 Å². The second-order valence-electron chi connectivity index (χ2n) is 3.07. The van der Waals surface area contributed by atoms with Gasteiger partial charge < -0.3 is 14.2 Å². The first-order chi connectivity index (χ1) is 7.24. The zero-order chi connectivity index (χ0) is 10.7. The van der Waals surface area contributed by atoms with Gasteiger partial charge in [-0.25, -0.2) is 4.79 Å². The maximum absolute atomic E-state index is 10.6. The lowest BCUT2D eigenvalue weighted by Crippen LogP contribution is -2.19.